The highest BCUT2D eigenvalue weighted by Gasteiger charge is 2.19. The molecule has 1 aromatic heterocycles. The SMILES string of the molecule is CC(C)OC(=O)Cc1sc(F)c(N=C=S)c1Cl. The molecule has 3 nitrogen and oxygen atoms in total. The molecule has 0 aliphatic carbocycles. The fourth-order valence-corrected chi connectivity index (χ4v) is 2.40. The predicted octanol–water partition coefficient (Wildman–Crippen LogP) is 3.77. The second-order valence-electron chi connectivity index (χ2n) is 3.38. The Morgan fingerprint density at radius 1 is 1.71 bits per heavy atom. The molecule has 0 saturated carbocycles. The number of halogens is 2. The van der Waals surface area contributed by atoms with Crippen LogP contribution in [0.1, 0.15) is 18.7 Å². The van der Waals surface area contributed by atoms with Crippen LogP contribution in [0.5, 0.6) is 0 Å². The lowest BCUT2D eigenvalue weighted by Gasteiger charge is -2.06. The Morgan fingerprint density at radius 3 is 2.88 bits per heavy atom. The van der Waals surface area contributed by atoms with Crippen LogP contribution in [-0.2, 0) is 16.0 Å². The molecule has 0 spiro atoms. The lowest BCUT2D eigenvalue weighted by Crippen LogP contribution is -2.13. The maximum atomic E-state index is 13.4. The number of thiocarbonyl (C=S) groups is 1. The number of ether oxygens (including phenoxy) is 1. The van der Waals surface area contributed by atoms with Crippen LogP contribution in [0.15, 0.2) is 4.99 Å². The topological polar surface area (TPSA) is 38.7 Å². The van der Waals surface area contributed by atoms with Crippen molar-refractivity contribution >= 4 is 52.0 Å². The first-order chi connectivity index (χ1) is 7.95. The number of hydrogen-bond donors (Lipinski definition) is 0. The maximum absolute atomic E-state index is 13.4. The van der Waals surface area contributed by atoms with Gasteiger partial charge in [0, 0.05) is 4.88 Å². The van der Waals surface area contributed by atoms with E-state index in [0.29, 0.717) is 4.88 Å². The summed E-state index contributed by atoms with van der Waals surface area (Å²) in [5.74, 6) is -0.457. The summed E-state index contributed by atoms with van der Waals surface area (Å²) in [6.45, 7) is 3.47. The van der Waals surface area contributed by atoms with Crippen molar-refractivity contribution in [1.82, 2.24) is 0 Å². The van der Waals surface area contributed by atoms with E-state index in [0.717, 1.165) is 11.3 Å². The molecule has 0 unspecified atom stereocenters. The number of rotatable bonds is 4. The van der Waals surface area contributed by atoms with Gasteiger partial charge in [0.1, 0.15) is 5.69 Å². The van der Waals surface area contributed by atoms with Gasteiger partial charge in [0.15, 0.2) is 0 Å². The van der Waals surface area contributed by atoms with Crippen LogP contribution >= 0.6 is 35.2 Å². The Labute approximate surface area is 112 Å². The molecule has 0 radical (unpaired) electrons. The summed E-state index contributed by atoms with van der Waals surface area (Å²) in [6, 6.07) is 0. The summed E-state index contributed by atoms with van der Waals surface area (Å²) < 4.78 is 18.3. The van der Waals surface area contributed by atoms with Gasteiger partial charge in [0.05, 0.1) is 22.7 Å². The van der Waals surface area contributed by atoms with Crippen molar-refractivity contribution in [1.29, 1.82) is 0 Å². The minimum atomic E-state index is -0.584. The summed E-state index contributed by atoms with van der Waals surface area (Å²) >= 11 is 11.0. The van der Waals surface area contributed by atoms with Crippen molar-refractivity contribution < 1.29 is 13.9 Å². The predicted molar refractivity (Wildman–Crippen MR) is 68.9 cm³/mol. The molecule has 0 saturated heterocycles. The fourth-order valence-electron chi connectivity index (χ4n) is 1.11. The summed E-state index contributed by atoms with van der Waals surface area (Å²) in [5.41, 5.74) is -0.0704. The molecule has 7 heteroatoms. The minimum absolute atomic E-state index is 0.0704. The zero-order chi connectivity index (χ0) is 13.0. The Kier molecular flexibility index (Phi) is 5.21. The number of nitrogens with zero attached hydrogens (tertiary/aromatic N) is 1. The van der Waals surface area contributed by atoms with Crippen LogP contribution in [-0.4, -0.2) is 17.2 Å². The fraction of sp³-hybridized carbons (Fsp3) is 0.400. The standard InChI is InChI=1S/C10H9ClFNO2S2/c1-5(2)15-7(14)3-6-8(11)9(13-4-16)10(12)17-6/h5H,3H2,1-2H3. The number of carbonyl (C=O) groups is 1. The van der Waals surface area contributed by atoms with Crippen molar-refractivity contribution in [2.45, 2.75) is 26.4 Å². The van der Waals surface area contributed by atoms with E-state index >= 15 is 0 Å². The Balaban J connectivity index is 2.89. The first kappa shape index (κ1) is 14.3. The molecule has 0 aliphatic heterocycles. The average Bonchev–Trinajstić information content (AvgIpc) is 2.45. The summed E-state index contributed by atoms with van der Waals surface area (Å²) in [6.07, 6.45) is -0.296. The third-order valence-electron chi connectivity index (χ3n) is 1.68. The molecule has 1 rings (SSSR count). The molecule has 1 heterocycles. The van der Waals surface area contributed by atoms with Crippen molar-refractivity contribution in [3.8, 4) is 0 Å². The van der Waals surface area contributed by atoms with E-state index in [2.05, 4.69) is 17.2 Å². The molecule has 0 aliphatic rings. The molecule has 0 atom stereocenters. The van der Waals surface area contributed by atoms with Crippen LogP contribution < -0.4 is 0 Å². The number of isothiocyanates is 1. The minimum Gasteiger partial charge on any atom is -0.463 e. The van der Waals surface area contributed by atoms with E-state index in [4.69, 9.17) is 16.3 Å². The number of hydrogen-bond acceptors (Lipinski definition) is 5. The highest BCUT2D eigenvalue weighted by molar-refractivity contribution is 7.78. The van der Waals surface area contributed by atoms with Crippen LogP contribution in [0.3, 0.4) is 0 Å². The zero-order valence-electron chi connectivity index (χ0n) is 9.12. The van der Waals surface area contributed by atoms with Gasteiger partial charge in [-0.1, -0.05) is 11.6 Å². The second-order valence-corrected chi connectivity index (χ2v) is 5.00. The van der Waals surface area contributed by atoms with Gasteiger partial charge >= 0.3 is 5.97 Å². The van der Waals surface area contributed by atoms with Crippen LogP contribution in [0.2, 0.25) is 5.02 Å². The molecular weight excluding hydrogens is 285 g/mol. The van der Waals surface area contributed by atoms with Gasteiger partial charge in [0.25, 0.3) is 0 Å². The second kappa shape index (κ2) is 6.21. The number of aliphatic imine (C=N–C) groups is 1. The summed E-state index contributed by atoms with van der Waals surface area (Å²) in [7, 11) is 0. The lowest BCUT2D eigenvalue weighted by atomic mass is 10.3. The molecule has 0 aromatic carbocycles. The largest absolute Gasteiger partial charge is 0.463 e. The van der Waals surface area contributed by atoms with Crippen molar-refractivity contribution in [3.05, 3.63) is 15.0 Å². The van der Waals surface area contributed by atoms with Crippen LogP contribution in [0.25, 0.3) is 0 Å². The Morgan fingerprint density at radius 2 is 2.35 bits per heavy atom. The monoisotopic (exact) mass is 293 g/mol. The number of carbonyl (C=O) groups excluding carboxylic acids is 1. The van der Waals surface area contributed by atoms with Crippen LogP contribution in [0.4, 0.5) is 10.1 Å². The summed E-state index contributed by atoms with van der Waals surface area (Å²) in [4.78, 5) is 15.3. The number of esters is 1. The molecule has 1 aromatic rings. The van der Waals surface area contributed by atoms with E-state index in [1.165, 1.54) is 0 Å². The van der Waals surface area contributed by atoms with Gasteiger partial charge in [-0.05, 0) is 26.1 Å². The van der Waals surface area contributed by atoms with E-state index < -0.39 is 11.1 Å². The first-order valence-corrected chi connectivity index (χ1v) is 6.30. The van der Waals surface area contributed by atoms with Crippen molar-refractivity contribution in [2.24, 2.45) is 4.99 Å². The van der Waals surface area contributed by atoms with Gasteiger partial charge in [-0.15, -0.1) is 11.3 Å². The highest BCUT2D eigenvalue weighted by Crippen LogP contribution is 2.38. The van der Waals surface area contributed by atoms with Crippen molar-refractivity contribution in [2.75, 3.05) is 0 Å². The van der Waals surface area contributed by atoms with E-state index in [1.807, 2.05) is 5.16 Å². The highest BCUT2D eigenvalue weighted by atomic mass is 35.5. The van der Waals surface area contributed by atoms with Gasteiger partial charge in [0.2, 0.25) is 5.13 Å². The van der Waals surface area contributed by atoms with Crippen LogP contribution in [0, 0.1) is 5.13 Å². The zero-order valence-corrected chi connectivity index (χ0v) is 11.5. The first-order valence-electron chi connectivity index (χ1n) is 4.69. The molecule has 0 amide bonds. The van der Waals surface area contributed by atoms with Gasteiger partial charge in [-0.2, -0.15) is 9.38 Å². The van der Waals surface area contributed by atoms with Gasteiger partial charge in [-0.3, -0.25) is 4.79 Å². The smallest absolute Gasteiger partial charge is 0.311 e. The normalized spacial score (nSPS) is 10.2. The number of thiophene rings is 1. The quantitative estimate of drug-likeness (QED) is 0.482. The molecule has 0 N–H and O–H groups in total. The third-order valence-corrected chi connectivity index (χ3v) is 3.26. The Hall–Kier alpha value is -0.810. The third kappa shape index (κ3) is 3.85. The molecule has 0 fully saturated rings. The summed E-state index contributed by atoms with van der Waals surface area (Å²) in [5, 5.41) is 1.54. The van der Waals surface area contributed by atoms with E-state index in [9.17, 15) is 9.18 Å². The average molecular weight is 294 g/mol. The van der Waals surface area contributed by atoms with E-state index in [1.54, 1.807) is 13.8 Å². The van der Waals surface area contributed by atoms with Gasteiger partial charge in [-0.25, -0.2) is 0 Å². The molecule has 17 heavy (non-hydrogen) atoms. The van der Waals surface area contributed by atoms with Gasteiger partial charge < -0.3 is 4.74 Å². The maximum Gasteiger partial charge on any atom is 0.311 e. The molecular formula is C10H9ClFNO2S2. The lowest BCUT2D eigenvalue weighted by molar-refractivity contribution is -0.146. The molecule has 92 valence electrons. The Bertz CT molecular complexity index is 481. The van der Waals surface area contributed by atoms with E-state index in [-0.39, 0.29) is 23.2 Å². The van der Waals surface area contributed by atoms with Crippen molar-refractivity contribution in [3.63, 3.8) is 0 Å². The molecule has 0 bridgehead atoms.